The van der Waals surface area contributed by atoms with Crippen molar-refractivity contribution >= 4 is 5.91 Å². The van der Waals surface area contributed by atoms with Crippen molar-refractivity contribution in [3.8, 4) is 0 Å². The van der Waals surface area contributed by atoms with Crippen LogP contribution in [-0.2, 0) is 4.79 Å². The lowest BCUT2D eigenvalue weighted by Gasteiger charge is -2.22. The van der Waals surface area contributed by atoms with Crippen molar-refractivity contribution in [2.75, 3.05) is 6.54 Å². The number of carbonyl (C=O) groups excluding carboxylic acids is 1. The molecule has 0 aliphatic heterocycles. The van der Waals surface area contributed by atoms with E-state index in [1.807, 2.05) is 0 Å². The fourth-order valence-corrected chi connectivity index (χ4v) is 3.29. The van der Waals surface area contributed by atoms with E-state index >= 15 is 0 Å². The van der Waals surface area contributed by atoms with Gasteiger partial charge in [-0.1, -0.05) is 25.7 Å². The van der Waals surface area contributed by atoms with E-state index in [0.717, 1.165) is 19.4 Å². The van der Waals surface area contributed by atoms with Gasteiger partial charge in [0, 0.05) is 19.0 Å². The van der Waals surface area contributed by atoms with Gasteiger partial charge in [0.15, 0.2) is 0 Å². The molecule has 2 atom stereocenters. The molecular weight excluding hydrogens is 212 g/mol. The van der Waals surface area contributed by atoms with E-state index in [1.54, 1.807) is 0 Å². The lowest BCUT2D eigenvalue weighted by atomic mass is 9.87. The zero-order valence-corrected chi connectivity index (χ0v) is 10.8. The molecule has 2 aliphatic rings. The lowest BCUT2D eigenvalue weighted by molar-refractivity contribution is -0.122. The molecule has 17 heavy (non-hydrogen) atoms. The summed E-state index contributed by atoms with van der Waals surface area (Å²) >= 11 is 0. The second kappa shape index (κ2) is 6.39. The number of carbonyl (C=O) groups is 1. The van der Waals surface area contributed by atoms with Gasteiger partial charge in [-0.15, -0.1) is 0 Å². The zero-order valence-electron chi connectivity index (χ0n) is 10.8. The Labute approximate surface area is 105 Å². The van der Waals surface area contributed by atoms with Crippen LogP contribution in [0.3, 0.4) is 0 Å². The van der Waals surface area contributed by atoms with Gasteiger partial charge in [0.2, 0.25) is 5.91 Å². The van der Waals surface area contributed by atoms with Gasteiger partial charge >= 0.3 is 0 Å². The van der Waals surface area contributed by atoms with Crippen LogP contribution >= 0.6 is 0 Å². The highest BCUT2D eigenvalue weighted by molar-refractivity contribution is 5.76. The van der Waals surface area contributed by atoms with E-state index in [2.05, 4.69) is 5.32 Å². The van der Waals surface area contributed by atoms with Gasteiger partial charge in [0.1, 0.15) is 0 Å². The summed E-state index contributed by atoms with van der Waals surface area (Å²) in [6.07, 6.45) is 10.7. The first-order valence-corrected chi connectivity index (χ1v) is 7.28. The Morgan fingerprint density at radius 1 is 1.06 bits per heavy atom. The molecule has 2 saturated carbocycles. The molecule has 0 aromatic heterocycles. The highest BCUT2D eigenvalue weighted by Gasteiger charge is 2.24. The van der Waals surface area contributed by atoms with Crippen LogP contribution in [0.25, 0.3) is 0 Å². The predicted octanol–water partition coefficient (Wildman–Crippen LogP) is 2.20. The van der Waals surface area contributed by atoms with Crippen molar-refractivity contribution in [3.63, 3.8) is 0 Å². The third-order valence-corrected chi connectivity index (χ3v) is 4.48. The third kappa shape index (κ3) is 3.98. The standard InChI is InChI=1S/C14H26N2O/c15-13-8-4-7-12(13)10-16-14(17)9-11-5-2-1-3-6-11/h11-13H,1-10,15H2,(H,16,17). The molecule has 0 aromatic rings. The number of amides is 1. The molecule has 98 valence electrons. The summed E-state index contributed by atoms with van der Waals surface area (Å²) in [4.78, 5) is 11.8. The molecule has 0 radical (unpaired) electrons. The molecule has 0 spiro atoms. The van der Waals surface area contributed by atoms with Crippen molar-refractivity contribution in [2.24, 2.45) is 17.6 Å². The summed E-state index contributed by atoms with van der Waals surface area (Å²) in [5, 5.41) is 3.08. The molecule has 0 aromatic carbocycles. The largest absolute Gasteiger partial charge is 0.356 e. The molecule has 2 aliphatic carbocycles. The summed E-state index contributed by atoms with van der Waals surface area (Å²) in [5.74, 6) is 1.40. The van der Waals surface area contributed by atoms with Crippen molar-refractivity contribution in [1.29, 1.82) is 0 Å². The maximum atomic E-state index is 11.8. The topological polar surface area (TPSA) is 55.1 Å². The molecular formula is C14H26N2O. The number of nitrogens with two attached hydrogens (primary N) is 1. The van der Waals surface area contributed by atoms with Gasteiger partial charge in [-0.05, 0) is 37.5 Å². The van der Waals surface area contributed by atoms with Crippen molar-refractivity contribution < 1.29 is 4.79 Å². The first-order chi connectivity index (χ1) is 8.25. The molecule has 2 fully saturated rings. The highest BCUT2D eigenvalue weighted by Crippen LogP contribution is 2.26. The van der Waals surface area contributed by atoms with Crippen LogP contribution < -0.4 is 11.1 Å². The van der Waals surface area contributed by atoms with Crippen molar-refractivity contribution in [3.05, 3.63) is 0 Å². The summed E-state index contributed by atoms with van der Waals surface area (Å²) in [7, 11) is 0. The molecule has 0 heterocycles. The van der Waals surface area contributed by atoms with Crippen LogP contribution in [0.2, 0.25) is 0 Å². The van der Waals surface area contributed by atoms with E-state index in [0.29, 0.717) is 17.9 Å². The Bertz CT molecular complexity index is 249. The lowest BCUT2D eigenvalue weighted by Crippen LogP contribution is -2.36. The van der Waals surface area contributed by atoms with Gasteiger partial charge < -0.3 is 11.1 Å². The van der Waals surface area contributed by atoms with Gasteiger partial charge in [-0.25, -0.2) is 0 Å². The van der Waals surface area contributed by atoms with E-state index in [1.165, 1.54) is 44.9 Å². The molecule has 2 rings (SSSR count). The fourth-order valence-electron chi connectivity index (χ4n) is 3.29. The number of rotatable bonds is 4. The molecule has 0 bridgehead atoms. The van der Waals surface area contributed by atoms with E-state index < -0.39 is 0 Å². The quantitative estimate of drug-likeness (QED) is 0.789. The minimum atomic E-state index is 0.246. The molecule has 2 unspecified atom stereocenters. The predicted molar refractivity (Wildman–Crippen MR) is 69.5 cm³/mol. The maximum Gasteiger partial charge on any atom is 0.220 e. The van der Waals surface area contributed by atoms with Gasteiger partial charge in [0.05, 0.1) is 0 Å². The first kappa shape index (κ1) is 12.9. The minimum Gasteiger partial charge on any atom is -0.356 e. The molecule has 0 saturated heterocycles. The van der Waals surface area contributed by atoms with Crippen molar-refractivity contribution in [1.82, 2.24) is 5.32 Å². The van der Waals surface area contributed by atoms with Crippen LogP contribution in [0.4, 0.5) is 0 Å². The second-order valence-corrected chi connectivity index (χ2v) is 5.87. The monoisotopic (exact) mass is 238 g/mol. The molecule has 1 amide bonds. The normalized spacial score (nSPS) is 30.4. The SMILES string of the molecule is NC1CCCC1CNC(=O)CC1CCCCC1. The van der Waals surface area contributed by atoms with Crippen LogP contribution in [0, 0.1) is 11.8 Å². The maximum absolute atomic E-state index is 11.8. The van der Waals surface area contributed by atoms with Crippen LogP contribution in [0.1, 0.15) is 57.8 Å². The van der Waals surface area contributed by atoms with Crippen LogP contribution in [-0.4, -0.2) is 18.5 Å². The van der Waals surface area contributed by atoms with Crippen LogP contribution in [0.5, 0.6) is 0 Å². The molecule has 3 nitrogen and oxygen atoms in total. The van der Waals surface area contributed by atoms with E-state index in [-0.39, 0.29) is 5.91 Å². The Morgan fingerprint density at radius 2 is 1.82 bits per heavy atom. The van der Waals surface area contributed by atoms with Crippen LogP contribution in [0.15, 0.2) is 0 Å². The average molecular weight is 238 g/mol. The van der Waals surface area contributed by atoms with Crippen molar-refractivity contribution in [2.45, 2.75) is 63.8 Å². The highest BCUT2D eigenvalue weighted by atomic mass is 16.1. The number of nitrogens with one attached hydrogen (secondary N) is 1. The Kier molecular flexibility index (Phi) is 4.84. The Balaban J connectivity index is 1.63. The van der Waals surface area contributed by atoms with E-state index in [4.69, 9.17) is 5.73 Å². The third-order valence-electron chi connectivity index (χ3n) is 4.48. The van der Waals surface area contributed by atoms with Gasteiger partial charge in [-0.3, -0.25) is 4.79 Å². The summed E-state index contributed by atoms with van der Waals surface area (Å²) < 4.78 is 0. The summed E-state index contributed by atoms with van der Waals surface area (Å²) in [6.45, 7) is 0.798. The van der Waals surface area contributed by atoms with Gasteiger partial charge in [0.25, 0.3) is 0 Å². The molecule has 3 heteroatoms. The first-order valence-electron chi connectivity index (χ1n) is 7.28. The average Bonchev–Trinajstić information content (AvgIpc) is 2.74. The van der Waals surface area contributed by atoms with Gasteiger partial charge in [-0.2, -0.15) is 0 Å². The second-order valence-electron chi connectivity index (χ2n) is 5.87. The fraction of sp³-hybridized carbons (Fsp3) is 0.929. The smallest absolute Gasteiger partial charge is 0.220 e. The zero-order chi connectivity index (χ0) is 12.1. The Hall–Kier alpha value is -0.570. The Morgan fingerprint density at radius 3 is 2.47 bits per heavy atom. The summed E-state index contributed by atoms with van der Waals surface area (Å²) in [5.41, 5.74) is 6.00. The summed E-state index contributed by atoms with van der Waals surface area (Å²) in [6, 6.07) is 0.310. The molecule has 3 N–H and O–H groups in total. The minimum absolute atomic E-state index is 0.246. The van der Waals surface area contributed by atoms with E-state index in [9.17, 15) is 4.79 Å². The number of hydrogen-bond acceptors (Lipinski definition) is 2. The number of hydrogen-bond donors (Lipinski definition) is 2.